The van der Waals surface area contributed by atoms with Crippen LogP contribution in [0.5, 0.6) is 5.75 Å². The van der Waals surface area contributed by atoms with E-state index < -0.39 is 0 Å². The lowest BCUT2D eigenvalue weighted by molar-refractivity contribution is -0.139. The number of hydrogen-bond donors (Lipinski definition) is 2. The zero-order valence-electron chi connectivity index (χ0n) is 13.1. The number of rotatable bonds is 3. The van der Waals surface area contributed by atoms with Crippen molar-refractivity contribution >= 4 is 40.5 Å². The topological polar surface area (TPSA) is 76.7 Å². The predicted octanol–water partition coefficient (Wildman–Crippen LogP) is 3.37. The maximum Gasteiger partial charge on any atom is 0.310 e. The molecule has 24 heavy (non-hydrogen) atoms. The van der Waals surface area contributed by atoms with Gasteiger partial charge in [-0.3, -0.25) is 9.59 Å². The van der Waals surface area contributed by atoms with Gasteiger partial charge in [-0.2, -0.15) is 0 Å². The summed E-state index contributed by atoms with van der Waals surface area (Å²) in [6.45, 7) is 0. The van der Waals surface area contributed by atoms with Crippen LogP contribution in [0.3, 0.4) is 0 Å². The number of benzene rings is 2. The SMILES string of the molecule is COC(=O)Cc1cc2c(cc1OC)NC(=O)c1ccc(Cl)cc1N2. The lowest BCUT2D eigenvalue weighted by Gasteiger charge is -2.14. The van der Waals surface area contributed by atoms with Gasteiger partial charge < -0.3 is 20.1 Å². The molecule has 2 aromatic carbocycles. The molecule has 0 fully saturated rings. The van der Waals surface area contributed by atoms with Gasteiger partial charge in [0.05, 0.1) is 43.3 Å². The molecule has 0 saturated carbocycles. The predicted molar refractivity (Wildman–Crippen MR) is 91.4 cm³/mol. The molecule has 0 saturated heterocycles. The highest BCUT2D eigenvalue weighted by molar-refractivity contribution is 6.31. The maximum absolute atomic E-state index is 12.4. The van der Waals surface area contributed by atoms with E-state index in [1.807, 2.05) is 0 Å². The Bertz CT molecular complexity index is 836. The molecule has 1 aliphatic heterocycles. The quantitative estimate of drug-likeness (QED) is 0.833. The Labute approximate surface area is 143 Å². The van der Waals surface area contributed by atoms with Crippen LogP contribution in [-0.4, -0.2) is 26.1 Å². The summed E-state index contributed by atoms with van der Waals surface area (Å²) in [5.41, 5.74) is 2.91. The van der Waals surface area contributed by atoms with Gasteiger partial charge in [0.25, 0.3) is 5.91 Å². The molecule has 3 rings (SSSR count). The number of fused-ring (bicyclic) bond motifs is 2. The van der Waals surface area contributed by atoms with Crippen molar-refractivity contribution in [3.8, 4) is 5.75 Å². The molecule has 0 atom stereocenters. The molecule has 124 valence electrons. The molecule has 0 unspecified atom stereocenters. The average molecular weight is 347 g/mol. The monoisotopic (exact) mass is 346 g/mol. The van der Waals surface area contributed by atoms with E-state index in [4.69, 9.17) is 21.1 Å². The van der Waals surface area contributed by atoms with Crippen molar-refractivity contribution in [3.05, 3.63) is 46.5 Å². The first-order valence-electron chi connectivity index (χ1n) is 7.17. The molecule has 0 aliphatic carbocycles. The Morgan fingerprint density at radius 3 is 2.54 bits per heavy atom. The van der Waals surface area contributed by atoms with Crippen LogP contribution >= 0.6 is 11.6 Å². The number of halogens is 1. The van der Waals surface area contributed by atoms with Crippen molar-refractivity contribution in [1.29, 1.82) is 0 Å². The fourth-order valence-electron chi connectivity index (χ4n) is 2.54. The Morgan fingerprint density at radius 2 is 1.83 bits per heavy atom. The van der Waals surface area contributed by atoms with Crippen LogP contribution < -0.4 is 15.4 Å². The molecule has 0 aromatic heterocycles. The van der Waals surface area contributed by atoms with Crippen LogP contribution in [0.2, 0.25) is 5.02 Å². The van der Waals surface area contributed by atoms with Gasteiger partial charge in [-0.25, -0.2) is 0 Å². The Morgan fingerprint density at radius 1 is 1.08 bits per heavy atom. The van der Waals surface area contributed by atoms with Crippen molar-refractivity contribution in [3.63, 3.8) is 0 Å². The molecule has 1 aliphatic rings. The number of methoxy groups -OCH3 is 2. The Kier molecular flexibility index (Phi) is 4.31. The summed E-state index contributed by atoms with van der Waals surface area (Å²) in [5, 5.41) is 6.52. The van der Waals surface area contributed by atoms with E-state index in [2.05, 4.69) is 10.6 Å². The highest BCUT2D eigenvalue weighted by Crippen LogP contribution is 2.37. The van der Waals surface area contributed by atoms with E-state index >= 15 is 0 Å². The number of amides is 1. The van der Waals surface area contributed by atoms with Gasteiger partial charge in [0.2, 0.25) is 0 Å². The summed E-state index contributed by atoms with van der Waals surface area (Å²) in [5.74, 6) is -0.143. The molecule has 0 bridgehead atoms. The van der Waals surface area contributed by atoms with Gasteiger partial charge in [0.1, 0.15) is 5.75 Å². The first-order chi connectivity index (χ1) is 11.5. The van der Waals surface area contributed by atoms with Crippen molar-refractivity contribution < 1.29 is 19.1 Å². The normalized spacial score (nSPS) is 12.2. The largest absolute Gasteiger partial charge is 0.496 e. The van der Waals surface area contributed by atoms with Crippen LogP contribution in [0.4, 0.5) is 17.1 Å². The van der Waals surface area contributed by atoms with Crippen molar-refractivity contribution in [1.82, 2.24) is 0 Å². The van der Waals surface area contributed by atoms with Gasteiger partial charge in [-0.15, -0.1) is 0 Å². The molecule has 2 aromatic rings. The minimum absolute atomic E-state index is 0.0605. The number of nitrogens with one attached hydrogen (secondary N) is 2. The molecule has 6 nitrogen and oxygen atoms in total. The molecule has 7 heteroatoms. The molecule has 2 N–H and O–H groups in total. The van der Waals surface area contributed by atoms with Crippen LogP contribution in [0.25, 0.3) is 0 Å². The summed E-state index contributed by atoms with van der Waals surface area (Å²) in [6.07, 6.45) is 0.0605. The smallest absolute Gasteiger partial charge is 0.310 e. The zero-order chi connectivity index (χ0) is 17.3. The lowest BCUT2D eigenvalue weighted by atomic mass is 10.1. The number of carbonyl (C=O) groups is 2. The van der Waals surface area contributed by atoms with E-state index in [1.54, 1.807) is 30.3 Å². The number of anilines is 3. The Balaban J connectivity index is 2.08. The third kappa shape index (κ3) is 3.00. The van der Waals surface area contributed by atoms with Gasteiger partial charge in [0, 0.05) is 16.7 Å². The summed E-state index contributed by atoms with van der Waals surface area (Å²) >= 11 is 6.02. The van der Waals surface area contributed by atoms with Gasteiger partial charge in [0.15, 0.2) is 0 Å². The third-order valence-corrected chi connectivity index (χ3v) is 3.96. The second kappa shape index (κ2) is 6.41. The average Bonchev–Trinajstić information content (AvgIpc) is 2.69. The molecule has 1 amide bonds. The minimum atomic E-state index is -0.380. The van der Waals surface area contributed by atoms with Crippen molar-refractivity contribution in [2.45, 2.75) is 6.42 Å². The second-order valence-electron chi connectivity index (χ2n) is 5.23. The molecule has 0 spiro atoms. The minimum Gasteiger partial charge on any atom is -0.496 e. The number of ether oxygens (including phenoxy) is 2. The van der Waals surface area contributed by atoms with Crippen LogP contribution in [-0.2, 0) is 16.0 Å². The lowest BCUT2D eigenvalue weighted by Crippen LogP contribution is -2.11. The third-order valence-electron chi connectivity index (χ3n) is 3.73. The van der Waals surface area contributed by atoms with Gasteiger partial charge in [-0.05, 0) is 24.3 Å². The summed E-state index contributed by atoms with van der Waals surface area (Å²) in [6, 6.07) is 8.41. The van der Waals surface area contributed by atoms with Crippen molar-refractivity contribution in [2.75, 3.05) is 24.9 Å². The molecular formula is C17H15ClN2O4. The van der Waals surface area contributed by atoms with E-state index in [9.17, 15) is 9.59 Å². The number of esters is 1. The van der Waals surface area contributed by atoms with Gasteiger partial charge in [-0.1, -0.05) is 11.6 Å². The first-order valence-corrected chi connectivity index (χ1v) is 7.55. The second-order valence-corrected chi connectivity index (χ2v) is 5.67. The van der Waals surface area contributed by atoms with E-state index in [1.165, 1.54) is 14.2 Å². The highest BCUT2D eigenvalue weighted by Gasteiger charge is 2.22. The van der Waals surface area contributed by atoms with Crippen LogP contribution in [0.15, 0.2) is 30.3 Å². The Hall–Kier alpha value is -2.73. The molecule has 0 radical (unpaired) electrons. The van der Waals surface area contributed by atoms with Crippen LogP contribution in [0, 0.1) is 0 Å². The van der Waals surface area contributed by atoms with Crippen LogP contribution in [0.1, 0.15) is 15.9 Å². The van der Waals surface area contributed by atoms with E-state index in [0.717, 1.165) is 0 Å². The van der Waals surface area contributed by atoms with E-state index in [0.29, 0.717) is 39.0 Å². The fraction of sp³-hybridized carbons (Fsp3) is 0.176. The van der Waals surface area contributed by atoms with Gasteiger partial charge >= 0.3 is 5.97 Å². The number of carbonyl (C=O) groups excluding carboxylic acids is 2. The summed E-state index contributed by atoms with van der Waals surface area (Å²) in [7, 11) is 2.83. The van der Waals surface area contributed by atoms with Crippen molar-refractivity contribution in [2.24, 2.45) is 0 Å². The fourth-order valence-corrected chi connectivity index (χ4v) is 2.71. The maximum atomic E-state index is 12.4. The van der Waals surface area contributed by atoms with E-state index in [-0.39, 0.29) is 18.3 Å². The molecule has 1 heterocycles. The molecular weight excluding hydrogens is 332 g/mol. The first kappa shape index (κ1) is 16.1. The number of hydrogen-bond acceptors (Lipinski definition) is 5. The zero-order valence-corrected chi connectivity index (χ0v) is 13.9. The summed E-state index contributed by atoms with van der Waals surface area (Å²) < 4.78 is 10.0. The summed E-state index contributed by atoms with van der Waals surface area (Å²) in [4.78, 5) is 24.0. The standard InChI is InChI=1S/C17H15ClN2O4/c1-23-15-8-14-13(5-9(15)6-16(21)24-2)19-12-7-10(18)3-4-11(12)17(22)20-14/h3-5,7-8,19H,6H2,1-2H3,(H,20,22). The highest BCUT2D eigenvalue weighted by atomic mass is 35.5.